The van der Waals surface area contributed by atoms with Crippen molar-refractivity contribution in [1.29, 1.82) is 0 Å². The lowest BCUT2D eigenvalue weighted by molar-refractivity contribution is -0.153. The molecule has 0 aliphatic heterocycles. The SMILES string of the molecule is CCC(C)(C)C(COC)(COC)COC(C)(C)C1CC1. The first-order chi connectivity index (χ1) is 9.24. The highest BCUT2D eigenvalue weighted by molar-refractivity contribution is 4.95. The van der Waals surface area contributed by atoms with E-state index in [1.54, 1.807) is 14.2 Å². The van der Waals surface area contributed by atoms with Crippen molar-refractivity contribution in [3.63, 3.8) is 0 Å². The van der Waals surface area contributed by atoms with E-state index in [9.17, 15) is 0 Å². The second kappa shape index (κ2) is 6.76. The third kappa shape index (κ3) is 3.96. The van der Waals surface area contributed by atoms with Gasteiger partial charge in [-0.3, -0.25) is 0 Å². The Hall–Kier alpha value is -0.120. The molecular weight excluding hydrogens is 252 g/mol. The molecule has 0 N–H and O–H groups in total. The zero-order valence-electron chi connectivity index (χ0n) is 14.5. The van der Waals surface area contributed by atoms with Gasteiger partial charge in [-0.2, -0.15) is 0 Å². The van der Waals surface area contributed by atoms with Gasteiger partial charge in [-0.15, -0.1) is 0 Å². The molecule has 0 bridgehead atoms. The molecule has 1 fully saturated rings. The number of rotatable bonds is 10. The van der Waals surface area contributed by atoms with Crippen LogP contribution >= 0.6 is 0 Å². The Labute approximate surface area is 125 Å². The Morgan fingerprint density at radius 2 is 1.40 bits per heavy atom. The van der Waals surface area contributed by atoms with E-state index in [4.69, 9.17) is 14.2 Å². The van der Waals surface area contributed by atoms with Gasteiger partial charge in [-0.05, 0) is 38.0 Å². The second-order valence-electron chi connectivity index (χ2n) is 7.55. The largest absolute Gasteiger partial charge is 0.384 e. The van der Waals surface area contributed by atoms with Gasteiger partial charge in [0.25, 0.3) is 0 Å². The smallest absolute Gasteiger partial charge is 0.0654 e. The van der Waals surface area contributed by atoms with Crippen LogP contribution in [-0.4, -0.2) is 39.6 Å². The molecule has 0 heterocycles. The summed E-state index contributed by atoms with van der Waals surface area (Å²) in [6, 6.07) is 0. The lowest BCUT2D eigenvalue weighted by Gasteiger charge is -2.47. The minimum atomic E-state index is -0.0998. The molecule has 20 heavy (non-hydrogen) atoms. The van der Waals surface area contributed by atoms with E-state index >= 15 is 0 Å². The van der Waals surface area contributed by atoms with E-state index in [2.05, 4.69) is 34.6 Å². The molecule has 0 amide bonds. The molecule has 1 aliphatic carbocycles. The molecule has 3 nitrogen and oxygen atoms in total. The maximum Gasteiger partial charge on any atom is 0.0654 e. The topological polar surface area (TPSA) is 27.7 Å². The van der Waals surface area contributed by atoms with E-state index in [0.29, 0.717) is 19.8 Å². The van der Waals surface area contributed by atoms with Gasteiger partial charge in [0.1, 0.15) is 0 Å². The third-order valence-corrected chi connectivity index (χ3v) is 5.44. The van der Waals surface area contributed by atoms with Gasteiger partial charge in [0, 0.05) is 19.6 Å². The van der Waals surface area contributed by atoms with Gasteiger partial charge < -0.3 is 14.2 Å². The van der Waals surface area contributed by atoms with Crippen LogP contribution in [0.1, 0.15) is 53.9 Å². The summed E-state index contributed by atoms with van der Waals surface area (Å²) in [7, 11) is 3.53. The zero-order chi connectivity index (χ0) is 15.4. The highest BCUT2D eigenvalue weighted by Crippen LogP contribution is 2.46. The quantitative estimate of drug-likeness (QED) is 0.609. The summed E-state index contributed by atoms with van der Waals surface area (Å²) in [5.41, 5.74) is -0.0212. The van der Waals surface area contributed by atoms with Crippen molar-refractivity contribution >= 4 is 0 Å². The lowest BCUT2D eigenvalue weighted by Crippen LogP contribution is -2.50. The van der Waals surface area contributed by atoms with Crippen LogP contribution in [0.4, 0.5) is 0 Å². The monoisotopic (exact) mass is 286 g/mol. The fourth-order valence-corrected chi connectivity index (χ4v) is 2.86. The molecule has 0 saturated heterocycles. The van der Waals surface area contributed by atoms with Crippen LogP contribution in [0, 0.1) is 16.7 Å². The minimum absolute atomic E-state index is 0.0312. The van der Waals surface area contributed by atoms with Gasteiger partial charge in [0.2, 0.25) is 0 Å². The maximum atomic E-state index is 6.35. The van der Waals surface area contributed by atoms with E-state index in [1.807, 2.05) is 0 Å². The van der Waals surface area contributed by atoms with Crippen LogP contribution in [0.5, 0.6) is 0 Å². The van der Waals surface area contributed by atoms with Crippen molar-refractivity contribution in [1.82, 2.24) is 0 Å². The Morgan fingerprint density at radius 3 is 1.75 bits per heavy atom. The molecule has 1 rings (SSSR count). The Bertz CT molecular complexity index is 287. The number of methoxy groups -OCH3 is 2. The van der Waals surface area contributed by atoms with Gasteiger partial charge in [0.05, 0.1) is 25.4 Å². The first kappa shape index (κ1) is 17.9. The predicted molar refractivity (Wildman–Crippen MR) is 83.0 cm³/mol. The summed E-state index contributed by atoms with van der Waals surface area (Å²) < 4.78 is 17.4. The predicted octanol–water partition coefficient (Wildman–Crippen LogP) is 3.91. The van der Waals surface area contributed by atoms with Crippen LogP contribution in [0.15, 0.2) is 0 Å². The van der Waals surface area contributed by atoms with E-state index < -0.39 is 0 Å². The maximum absolute atomic E-state index is 6.35. The third-order valence-electron chi connectivity index (χ3n) is 5.44. The summed E-state index contributed by atoms with van der Waals surface area (Å²) in [6.45, 7) is 13.3. The van der Waals surface area contributed by atoms with Crippen molar-refractivity contribution in [3.8, 4) is 0 Å². The van der Waals surface area contributed by atoms with Crippen LogP contribution in [0.2, 0.25) is 0 Å². The normalized spacial score (nSPS) is 17.6. The number of hydrogen-bond donors (Lipinski definition) is 0. The first-order valence-corrected chi connectivity index (χ1v) is 7.86. The second-order valence-corrected chi connectivity index (χ2v) is 7.55. The van der Waals surface area contributed by atoms with Crippen molar-refractivity contribution < 1.29 is 14.2 Å². The lowest BCUT2D eigenvalue weighted by atomic mass is 9.65. The standard InChI is InChI=1S/C17H34O3/c1-8-15(2,3)17(11-18-6,12-19-7)13-20-16(4,5)14-9-10-14/h14H,8-13H2,1-7H3. The fourth-order valence-electron chi connectivity index (χ4n) is 2.86. The molecule has 1 saturated carbocycles. The molecular formula is C17H34O3. The van der Waals surface area contributed by atoms with Crippen molar-refractivity contribution in [2.45, 2.75) is 59.5 Å². The molecule has 0 unspecified atom stereocenters. The van der Waals surface area contributed by atoms with Gasteiger partial charge >= 0.3 is 0 Å². The number of ether oxygens (including phenoxy) is 3. The van der Waals surface area contributed by atoms with Gasteiger partial charge in [0.15, 0.2) is 0 Å². The highest BCUT2D eigenvalue weighted by atomic mass is 16.5. The van der Waals surface area contributed by atoms with Crippen LogP contribution in [-0.2, 0) is 14.2 Å². The Morgan fingerprint density at radius 1 is 0.900 bits per heavy atom. The fraction of sp³-hybridized carbons (Fsp3) is 1.00. The molecule has 0 aromatic heterocycles. The Kier molecular flexibility index (Phi) is 6.06. The number of hydrogen-bond acceptors (Lipinski definition) is 3. The van der Waals surface area contributed by atoms with Crippen LogP contribution < -0.4 is 0 Å². The van der Waals surface area contributed by atoms with Gasteiger partial charge in [-0.25, -0.2) is 0 Å². The molecule has 0 aromatic rings. The van der Waals surface area contributed by atoms with Crippen molar-refractivity contribution in [3.05, 3.63) is 0 Å². The van der Waals surface area contributed by atoms with E-state index in [1.165, 1.54) is 12.8 Å². The van der Waals surface area contributed by atoms with Crippen molar-refractivity contribution in [2.75, 3.05) is 34.0 Å². The molecule has 120 valence electrons. The van der Waals surface area contributed by atoms with Crippen LogP contribution in [0.3, 0.4) is 0 Å². The zero-order valence-corrected chi connectivity index (χ0v) is 14.5. The van der Waals surface area contributed by atoms with Crippen molar-refractivity contribution in [2.24, 2.45) is 16.7 Å². The van der Waals surface area contributed by atoms with E-state index in [0.717, 1.165) is 12.3 Å². The summed E-state index contributed by atoms with van der Waals surface area (Å²) in [6.07, 6.45) is 3.67. The average Bonchev–Trinajstić information content (AvgIpc) is 3.21. The van der Waals surface area contributed by atoms with E-state index in [-0.39, 0.29) is 16.4 Å². The summed E-state index contributed by atoms with van der Waals surface area (Å²) in [4.78, 5) is 0. The van der Waals surface area contributed by atoms with Gasteiger partial charge in [-0.1, -0.05) is 27.2 Å². The molecule has 0 radical (unpaired) electrons. The summed E-state index contributed by atoms with van der Waals surface area (Å²) >= 11 is 0. The molecule has 1 aliphatic rings. The molecule has 3 heteroatoms. The first-order valence-electron chi connectivity index (χ1n) is 7.86. The average molecular weight is 286 g/mol. The molecule has 0 atom stereocenters. The molecule has 0 spiro atoms. The van der Waals surface area contributed by atoms with Crippen LogP contribution in [0.25, 0.3) is 0 Å². The Balaban J connectivity index is 2.84. The highest BCUT2D eigenvalue weighted by Gasteiger charge is 2.47. The summed E-state index contributed by atoms with van der Waals surface area (Å²) in [5, 5.41) is 0. The molecule has 0 aromatic carbocycles. The summed E-state index contributed by atoms with van der Waals surface area (Å²) in [5.74, 6) is 0.718. The minimum Gasteiger partial charge on any atom is -0.384 e.